The van der Waals surface area contributed by atoms with Crippen LogP contribution in [0, 0.1) is 0 Å². The largest absolute Gasteiger partial charge is 0.397 e. The normalized spacial score (nSPS) is 8.36. The number of rotatable bonds is 4. The third-order valence-electron chi connectivity index (χ3n) is 0.834. The summed E-state index contributed by atoms with van der Waals surface area (Å²) < 4.78 is 4.61. The molecule has 0 aromatic heterocycles. The standard InChI is InChI=1S/C6H12O2.C2H6O/c1-3-4-6(7)5-8-2;1-2-3/h3-5H2,1-2H3;3H,2H2,1H3. The summed E-state index contributed by atoms with van der Waals surface area (Å²) in [6, 6.07) is 0. The summed E-state index contributed by atoms with van der Waals surface area (Å²) in [7, 11) is 1.54. The number of carbonyl (C=O) groups is 1. The van der Waals surface area contributed by atoms with Crippen molar-refractivity contribution in [1.29, 1.82) is 0 Å². The maximum Gasteiger partial charge on any atom is 0.158 e. The lowest BCUT2D eigenvalue weighted by Crippen LogP contribution is -2.04. The first-order valence-electron chi connectivity index (χ1n) is 3.84. The van der Waals surface area contributed by atoms with Crippen LogP contribution in [-0.2, 0) is 9.53 Å². The second-order valence-corrected chi connectivity index (χ2v) is 2.04. The fourth-order valence-corrected chi connectivity index (χ4v) is 0.512. The van der Waals surface area contributed by atoms with Crippen LogP contribution in [0.25, 0.3) is 0 Å². The Morgan fingerprint density at radius 3 is 2.18 bits per heavy atom. The van der Waals surface area contributed by atoms with Crippen LogP contribution in [0.2, 0.25) is 0 Å². The highest BCUT2D eigenvalue weighted by molar-refractivity contribution is 5.79. The quantitative estimate of drug-likeness (QED) is 0.670. The van der Waals surface area contributed by atoms with Gasteiger partial charge in [0, 0.05) is 20.1 Å². The van der Waals surface area contributed by atoms with Gasteiger partial charge in [-0.25, -0.2) is 0 Å². The predicted octanol–water partition coefficient (Wildman–Crippen LogP) is 1.00. The van der Waals surface area contributed by atoms with Gasteiger partial charge in [0.15, 0.2) is 5.78 Å². The van der Waals surface area contributed by atoms with Gasteiger partial charge in [-0.2, -0.15) is 0 Å². The topological polar surface area (TPSA) is 46.5 Å². The second-order valence-electron chi connectivity index (χ2n) is 2.04. The molecular weight excluding hydrogens is 144 g/mol. The summed E-state index contributed by atoms with van der Waals surface area (Å²) in [5.74, 6) is 0.190. The van der Waals surface area contributed by atoms with Crippen LogP contribution in [0.1, 0.15) is 26.7 Å². The Morgan fingerprint density at radius 2 is 1.91 bits per heavy atom. The van der Waals surface area contributed by atoms with Gasteiger partial charge in [0.05, 0.1) is 0 Å². The summed E-state index contributed by atoms with van der Waals surface area (Å²) >= 11 is 0. The highest BCUT2D eigenvalue weighted by atomic mass is 16.5. The molecule has 0 aromatic rings. The lowest BCUT2D eigenvalue weighted by Gasteiger charge is -1.93. The van der Waals surface area contributed by atoms with Crippen molar-refractivity contribution >= 4 is 5.78 Å². The summed E-state index contributed by atoms with van der Waals surface area (Å²) in [4.78, 5) is 10.5. The third kappa shape index (κ3) is 17.7. The molecule has 11 heavy (non-hydrogen) atoms. The molecule has 0 radical (unpaired) electrons. The number of Topliss-reactive ketones (excluding diaryl/α,β-unsaturated/α-hetero) is 1. The maximum atomic E-state index is 10.5. The molecule has 0 saturated carbocycles. The van der Waals surface area contributed by atoms with Crippen LogP contribution in [0.15, 0.2) is 0 Å². The molecule has 0 aliphatic heterocycles. The Balaban J connectivity index is 0. The zero-order chi connectivity index (χ0) is 9.11. The number of methoxy groups -OCH3 is 1. The van der Waals surface area contributed by atoms with Gasteiger partial charge in [-0.1, -0.05) is 6.92 Å². The molecule has 0 saturated heterocycles. The Kier molecular flexibility index (Phi) is 14.7. The molecule has 0 fully saturated rings. The molecule has 0 spiro atoms. The van der Waals surface area contributed by atoms with Crippen LogP contribution >= 0.6 is 0 Å². The highest BCUT2D eigenvalue weighted by Crippen LogP contribution is 1.87. The minimum absolute atomic E-state index is 0.190. The average Bonchev–Trinajstić information content (AvgIpc) is 1.90. The number of carbonyl (C=O) groups excluding carboxylic acids is 1. The van der Waals surface area contributed by atoms with E-state index in [1.54, 1.807) is 6.92 Å². The smallest absolute Gasteiger partial charge is 0.158 e. The lowest BCUT2D eigenvalue weighted by atomic mass is 10.2. The molecule has 0 atom stereocenters. The van der Waals surface area contributed by atoms with Gasteiger partial charge in [-0.15, -0.1) is 0 Å². The van der Waals surface area contributed by atoms with E-state index in [0.29, 0.717) is 6.42 Å². The van der Waals surface area contributed by atoms with Crippen LogP contribution in [0.4, 0.5) is 0 Å². The van der Waals surface area contributed by atoms with Crippen molar-refractivity contribution in [3.05, 3.63) is 0 Å². The molecule has 0 bridgehead atoms. The average molecular weight is 162 g/mol. The van der Waals surface area contributed by atoms with Crippen molar-refractivity contribution in [1.82, 2.24) is 0 Å². The number of aliphatic hydroxyl groups excluding tert-OH is 1. The monoisotopic (exact) mass is 162 g/mol. The van der Waals surface area contributed by atoms with E-state index in [0.717, 1.165) is 6.42 Å². The fraction of sp³-hybridized carbons (Fsp3) is 0.875. The van der Waals surface area contributed by atoms with E-state index in [-0.39, 0.29) is 19.0 Å². The van der Waals surface area contributed by atoms with Crippen molar-refractivity contribution in [2.24, 2.45) is 0 Å². The highest BCUT2D eigenvalue weighted by Gasteiger charge is 1.95. The van der Waals surface area contributed by atoms with Gasteiger partial charge in [0.2, 0.25) is 0 Å². The van der Waals surface area contributed by atoms with E-state index in [1.807, 2.05) is 6.92 Å². The molecule has 0 amide bonds. The second kappa shape index (κ2) is 12.3. The summed E-state index contributed by atoms with van der Waals surface area (Å²) in [6.07, 6.45) is 1.57. The maximum absolute atomic E-state index is 10.5. The van der Waals surface area contributed by atoms with Crippen LogP contribution in [0.3, 0.4) is 0 Å². The van der Waals surface area contributed by atoms with Crippen molar-refractivity contribution in [2.45, 2.75) is 26.7 Å². The Hall–Kier alpha value is -0.410. The van der Waals surface area contributed by atoms with E-state index in [2.05, 4.69) is 4.74 Å². The molecule has 68 valence electrons. The minimum atomic E-state index is 0.190. The Labute approximate surface area is 68.4 Å². The lowest BCUT2D eigenvalue weighted by molar-refractivity contribution is -0.122. The van der Waals surface area contributed by atoms with Gasteiger partial charge in [0.1, 0.15) is 6.61 Å². The summed E-state index contributed by atoms with van der Waals surface area (Å²) in [5.41, 5.74) is 0. The van der Waals surface area contributed by atoms with E-state index in [1.165, 1.54) is 7.11 Å². The first-order valence-corrected chi connectivity index (χ1v) is 3.84. The molecule has 0 rings (SSSR count). The van der Waals surface area contributed by atoms with Gasteiger partial charge in [-0.05, 0) is 13.3 Å². The van der Waals surface area contributed by atoms with Crippen LogP contribution < -0.4 is 0 Å². The molecule has 0 aliphatic rings. The Morgan fingerprint density at radius 1 is 1.45 bits per heavy atom. The number of hydrogen-bond acceptors (Lipinski definition) is 3. The van der Waals surface area contributed by atoms with Crippen molar-refractivity contribution in [3.63, 3.8) is 0 Å². The number of aliphatic hydroxyl groups is 1. The fourth-order valence-electron chi connectivity index (χ4n) is 0.512. The minimum Gasteiger partial charge on any atom is -0.397 e. The molecule has 1 N–H and O–H groups in total. The van der Waals surface area contributed by atoms with Gasteiger partial charge in [0.25, 0.3) is 0 Å². The molecule has 3 heteroatoms. The molecule has 0 heterocycles. The van der Waals surface area contributed by atoms with E-state index in [9.17, 15) is 4.79 Å². The summed E-state index contributed by atoms with van der Waals surface area (Å²) in [6.45, 7) is 4.18. The van der Waals surface area contributed by atoms with Crippen molar-refractivity contribution in [3.8, 4) is 0 Å². The number of ketones is 1. The SMILES string of the molecule is CCCC(=O)COC.CCO. The van der Waals surface area contributed by atoms with E-state index >= 15 is 0 Å². The molecule has 0 unspecified atom stereocenters. The first kappa shape index (κ1) is 13.2. The van der Waals surface area contributed by atoms with E-state index in [4.69, 9.17) is 5.11 Å². The zero-order valence-electron chi connectivity index (χ0n) is 7.59. The first-order chi connectivity index (χ1) is 5.22. The van der Waals surface area contributed by atoms with Crippen molar-refractivity contribution in [2.75, 3.05) is 20.3 Å². The molecular formula is C8H18O3. The third-order valence-corrected chi connectivity index (χ3v) is 0.834. The van der Waals surface area contributed by atoms with Crippen LogP contribution in [-0.4, -0.2) is 31.2 Å². The molecule has 0 aromatic carbocycles. The zero-order valence-corrected chi connectivity index (χ0v) is 7.59. The van der Waals surface area contributed by atoms with Gasteiger partial charge in [-0.3, -0.25) is 4.79 Å². The van der Waals surface area contributed by atoms with Crippen molar-refractivity contribution < 1.29 is 14.6 Å². The number of hydrogen-bond donors (Lipinski definition) is 1. The molecule has 0 aliphatic carbocycles. The van der Waals surface area contributed by atoms with Gasteiger partial charge < -0.3 is 9.84 Å². The summed E-state index contributed by atoms with van der Waals surface area (Å²) in [5, 5.41) is 7.57. The van der Waals surface area contributed by atoms with Gasteiger partial charge >= 0.3 is 0 Å². The predicted molar refractivity (Wildman–Crippen MR) is 44.6 cm³/mol. The Bertz CT molecular complexity index is 73.4. The van der Waals surface area contributed by atoms with E-state index < -0.39 is 0 Å². The molecule has 3 nitrogen and oxygen atoms in total. The number of ether oxygens (including phenoxy) is 1. The van der Waals surface area contributed by atoms with Crippen LogP contribution in [0.5, 0.6) is 0 Å².